The van der Waals surface area contributed by atoms with E-state index in [9.17, 15) is 19.2 Å². The Morgan fingerprint density at radius 3 is 2.51 bits per heavy atom. The minimum atomic E-state index is -0.977. The number of hydrogen-bond acceptors (Lipinski definition) is 11. The normalized spacial score (nSPS) is 27.4. The van der Waals surface area contributed by atoms with Crippen molar-refractivity contribution in [3.05, 3.63) is 41.8 Å². The van der Waals surface area contributed by atoms with Crippen molar-refractivity contribution in [1.82, 2.24) is 20.6 Å². The van der Waals surface area contributed by atoms with Gasteiger partial charge in [-0.05, 0) is 97.1 Å². The van der Waals surface area contributed by atoms with Crippen LogP contribution in [0.3, 0.4) is 0 Å². The van der Waals surface area contributed by atoms with Gasteiger partial charge in [0.25, 0.3) is 0 Å². The molecule has 0 bridgehead atoms. The summed E-state index contributed by atoms with van der Waals surface area (Å²) in [4.78, 5) is 64.9. The van der Waals surface area contributed by atoms with Crippen molar-refractivity contribution in [2.45, 2.75) is 128 Å². The van der Waals surface area contributed by atoms with Gasteiger partial charge in [-0.25, -0.2) is 14.8 Å². The number of nitrogens with one attached hydrogen (secondary N) is 3. The third-order valence-corrected chi connectivity index (χ3v) is 12.4. The number of carbonyl (C=O) groups is 4. The minimum absolute atomic E-state index is 0.0815. The van der Waals surface area contributed by atoms with Crippen LogP contribution in [0.15, 0.2) is 41.8 Å². The molecule has 3 N–H and O–H groups in total. The number of pyridine rings is 1. The number of benzene rings is 1. The molecule has 294 valence electrons. The fraction of sp³-hybridized carbons (Fsp3) is 0.571. The van der Waals surface area contributed by atoms with Gasteiger partial charge in [0, 0.05) is 40.8 Å². The van der Waals surface area contributed by atoms with Gasteiger partial charge in [-0.3, -0.25) is 14.4 Å². The lowest BCUT2D eigenvalue weighted by molar-refractivity contribution is -0.135. The van der Waals surface area contributed by atoms with E-state index in [0.717, 1.165) is 61.9 Å². The zero-order valence-electron chi connectivity index (χ0n) is 32.2. The highest BCUT2D eigenvalue weighted by molar-refractivity contribution is 7.14. The molecule has 7 rings (SSSR count). The van der Waals surface area contributed by atoms with Crippen molar-refractivity contribution < 1.29 is 33.4 Å². The molecule has 4 aliphatic rings. The van der Waals surface area contributed by atoms with Crippen LogP contribution in [0.4, 0.5) is 9.93 Å². The maximum Gasteiger partial charge on any atom is 0.407 e. The van der Waals surface area contributed by atoms with E-state index in [1.807, 2.05) is 29.6 Å². The van der Waals surface area contributed by atoms with Crippen molar-refractivity contribution in [2.75, 3.05) is 12.4 Å². The van der Waals surface area contributed by atoms with E-state index in [-0.39, 0.29) is 48.4 Å². The van der Waals surface area contributed by atoms with Crippen molar-refractivity contribution in [1.29, 1.82) is 0 Å². The van der Waals surface area contributed by atoms with Gasteiger partial charge < -0.3 is 30.2 Å². The Labute approximate surface area is 326 Å². The number of rotatable bonds is 9. The van der Waals surface area contributed by atoms with Crippen LogP contribution in [-0.2, 0) is 19.1 Å². The standard InChI is InChI=1S/C42H53N5O7S/c1-24(2)43-40-45-36(23-55-40)35-21-37(30-17-16-28(52-4)20-34(30)44-35)53-29-18-31-32(19-29)39(50)47-42(25(3)48)22-26(42)12-8-6-5-7-9-15-33(38(31)49)46-41(51)54-27-13-10-11-14-27/h8,12,16-17,20-21,23-24,26-27,29,31-33H,5-7,9-11,13-15,18-19,22H2,1-4H3,(H,43,45)(H,46,51)(H,47,50)/t26-,29+,31?,32-,33+,42+/m1/s1. The molecule has 0 radical (unpaired) electrons. The van der Waals surface area contributed by atoms with Gasteiger partial charge >= 0.3 is 6.09 Å². The summed E-state index contributed by atoms with van der Waals surface area (Å²) in [6.07, 6.45) is 11.4. The number of methoxy groups -OCH3 is 1. The molecular weight excluding hydrogens is 719 g/mol. The molecule has 3 saturated carbocycles. The number of carbonyl (C=O) groups excluding carboxylic acids is 4. The lowest BCUT2D eigenvalue weighted by atomic mass is 9.85. The molecule has 1 unspecified atom stereocenters. The number of hydrogen-bond donors (Lipinski definition) is 3. The Kier molecular flexibility index (Phi) is 11.8. The Morgan fingerprint density at radius 2 is 1.75 bits per heavy atom. The summed E-state index contributed by atoms with van der Waals surface area (Å²) in [6, 6.07) is 6.85. The fourth-order valence-corrected chi connectivity index (χ4v) is 9.35. The van der Waals surface area contributed by atoms with E-state index < -0.39 is 35.6 Å². The number of amides is 2. The molecule has 12 nitrogen and oxygen atoms in total. The van der Waals surface area contributed by atoms with Gasteiger partial charge in [-0.1, -0.05) is 25.0 Å². The maximum absolute atomic E-state index is 14.7. The minimum Gasteiger partial charge on any atom is -0.497 e. The number of ether oxygens (including phenoxy) is 3. The van der Waals surface area contributed by atoms with Gasteiger partial charge in [-0.15, -0.1) is 11.3 Å². The summed E-state index contributed by atoms with van der Waals surface area (Å²) >= 11 is 1.49. The van der Waals surface area contributed by atoms with Crippen LogP contribution in [0.5, 0.6) is 11.5 Å². The third kappa shape index (κ3) is 8.82. The Balaban J connectivity index is 1.20. The molecule has 3 heterocycles. The summed E-state index contributed by atoms with van der Waals surface area (Å²) in [5.41, 5.74) is 0.982. The molecule has 2 amide bonds. The number of ketones is 2. The van der Waals surface area contributed by atoms with E-state index in [1.165, 1.54) is 18.3 Å². The van der Waals surface area contributed by atoms with Gasteiger partial charge in [0.1, 0.15) is 34.9 Å². The van der Waals surface area contributed by atoms with Crippen molar-refractivity contribution in [2.24, 2.45) is 17.8 Å². The number of thiazole rings is 1. The first-order valence-electron chi connectivity index (χ1n) is 19.9. The van der Waals surface area contributed by atoms with Crippen LogP contribution in [0.2, 0.25) is 0 Å². The zero-order valence-corrected chi connectivity index (χ0v) is 33.0. The maximum atomic E-state index is 14.7. The van der Waals surface area contributed by atoms with E-state index in [2.05, 4.69) is 41.9 Å². The van der Waals surface area contributed by atoms with Crippen molar-refractivity contribution >= 4 is 50.9 Å². The van der Waals surface area contributed by atoms with Gasteiger partial charge in [-0.2, -0.15) is 0 Å². The quantitative estimate of drug-likeness (QED) is 0.186. The van der Waals surface area contributed by atoms with E-state index in [0.29, 0.717) is 41.2 Å². The first kappa shape index (κ1) is 38.7. The number of aromatic nitrogens is 2. The van der Waals surface area contributed by atoms with Gasteiger partial charge in [0.15, 0.2) is 16.7 Å². The van der Waals surface area contributed by atoms with Crippen LogP contribution < -0.4 is 25.4 Å². The van der Waals surface area contributed by atoms with Crippen LogP contribution in [-0.4, -0.2) is 70.5 Å². The fourth-order valence-electron chi connectivity index (χ4n) is 8.50. The molecule has 3 fully saturated rings. The van der Waals surface area contributed by atoms with E-state index >= 15 is 0 Å². The number of fused-ring (bicyclic) bond motifs is 3. The molecule has 13 heteroatoms. The van der Waals surface area contributed by atoms with Crippen LogP contribution >= 0.6 is 11.3 Å². The second-order valence-corrected chi connectivity index (χ2v) is 16.8. The second kappa shape index (κ2) is 16.7. The third-order valence-electron chi connectivity index (χ3n) is 11.6. The first-order chi connectivity index (χ1) is 26.5. The predicted octanol–water partition coefficient (Wildman–Crippen LogP) is 7.55. The molecular formula is C42H53N5O7S. The Hall–Kier alpha value is -4.52. The smallest absolute Gasteiger partial charge is 0.407 e. The number of nitrogens with zero attached hydrogens (tertiary/aromatic N) is 2. The molecule has 1 aromatic carbocycles. The molecule has 6 atom stereocenters. The van der Waals surface area contributed by atoms with E-state index in [1.54, 1.807) is 7.11 Å². The van der Waals surface area contributed by atoms with Crippen LogP contribution in [0, 0.1) is 17.8 Å². The predicted molar refractivity (Wildman–Crippen MR) is 211 cm³/mol. The molecule has 3 aliphatic carbocycles. The topological polar surface area (TPSA) is 158 Å². The van der Waals surface area contributed by atoms with Gasteiger partial charge in [0.2, 0.25) is 5.91 Å². The zero-order chi connectivity index (χ0) is 38.7. The molecule has 0 saturated heterocycles. The molecule has 3 aromatic rings. The Bertz CT molecular complexity index is 1940. The summed E-state index contributed by atoms with van der Waals surface area (Å²) in [7, 11) is 1.60. The summed E-state index contributed by atoms with van der Waals surface area (Å²) < 4.78 is 18.1. The summed E-state index contributed by atoms with van der Waals surface area (Å²) in [5, 5.41) is 12.8. The SMILES string of the molecule is COc1ccc2c(O[C@H]3CC4C(=O)[C@@H](NC(=O)OC5CCCC5)CCCCCC=C[C@@H]5C[C@@]5(C(C)=O)NC(=O)[C@@H]4C3)cc(-c3csc(NC(C)C)n3)nc2c1. The average Bonchev–Trinajstić information content (AvgIpc) is 3.58. The second-order valence-electron chi connectivity index (χ2n) is 16.0. The summed E-state index contributed by atoms with van der Waals surface area (Å²) in [5.74, 6) is -1.04. The highest BCUT2D eigenvalue weighted by atomic mass is 32.1. The lowest BCUT2D eigenvalue weighted by Gasteiger charge is -2.26. The van der Waals surface area contributed by atoms with Crippen molar-refractivity contribution in [3.8, 4) is 22.9 Å². The molecule has 2 aromatic heterocycles. The Morgan fingerprint density at radius 1 is 0.964 bits per heavy atom. The number of allylic oxidation sites excluding steroid dienone is 1. The highest BCUT2D eigenvalue weighted by Gasteiger charge is 2.59. The largest absolute Gasteiger partial charge is 0.497 e. The lowest BCUT2D eigenvalue weighted by Crippen LogP contribution is -2.50. The highest BCUT2D eigenvalue weighted by Crippen LogP contribution is 2.47. The summed E-state index contributed by atoms with van der Waals surface area (Å²) in [6.45, 7) is 5.63. The molecule has 0 spiro atoms. The monoisotopic (exact) mass is 771 g/mol. The number of anilines is 1. The first-order valence-corrected chi connectivity index (χ1v) is 20.8. The van der Waals surface area contributed by atoms with Crippen LogP contribution in [0.1, 0.15) is 97.8 Å². The molecule has 55 heavy (non-hydrogen) atoms. The van der Waals surface area contributed by atoms with Gasteiger partial charge in [0.05, 0.1) is 30.3 Å². The van der Waals surface area contributed by atoms with Crippen LogP contribution in [0.25, 0.3) is 22.3 Å². The number of alkyl carbamates (subject to hydrolysis) is 1. The average molecular weight is 772 g/mol. The van der Waals surface area contributed by atoms with E-state index in [4.69, 9.17) is 24.2 Å². The van der Waals surface area contributed by atoms with Crippen molar-refractivity contribution in [3.63, 3.8) is 0 Å². The molecule has 1 aliphatic heterocycles. The number of Topliss-reactive ketones (excluding diaryl/α,β-unsaturated/α-hetero) is 2.